The van der Waals surface area contributed by atoms with E-state index in [4.69, 9.17) is 9.63 Å². The van der Waals surface area contributed by atoms with Crippen molar-refractivity contribution in [2.75, 3.05) is 0 Å². The van der Waals surface area contributed by atoms with Crippen LogP contribution in [0.3, 0.4) is 0 Å². The Labute approximate surface area is 145 Å². The summed E-state index contributed by atoms with van der Waals surface area (Å²) in [7, 11) is 0. The zero-order chi connectivity index (χ0) is 18.2. The van der Waals surface area contributed by atoms with E-state index in [2.05, 4.69) is 20.8 Å². The molecule has 2 aromatic rings. The number of nitrogens with one attached hydrogen (secondary N) is 2. The first kappa shape index (κ1) is 18.4. The van der Waals surface area contributed by atoms with Crippen molar-refractivity contribution in [2.45, 2.75) is 45.2 Å². The highest BCUT2D eigenvalue weighted by atomic mass is 16.5. The van der Waals surface area contributed by atoms with Crippen molar-refractivity contribution in [2.24, 2.45) is 0 Å². The van der Waals surface area contributed by atoms with Gasteiger partial charge < -0.3 is 20.3 Å². The molecule has 8 nitrogen and oxygen atoms in total. The van der Waals surface area contributed by atoms with Crippen molar-refractivity contribution < 1.29 is 19.2 Å². The molecule has 0 aliphatic carbocycles. The van der Waals surface area contributed by atoms with Crippen molar-refractivity contribution in [3.63, 3.8) is 0 Å². The molecule has 3 N–H and O–H groups in total. The molecule has 134 valence electrons. The lowest BCUT2D eigenvalue weighted by Crippen LogP contribution is -2.44. The van der Waals surface area contributed by atoms with Gasteiger partial charge in [0.25, 0.3) is 0 Å². The fourth-order valence-corrected chi connectivity index (χ4v) is 2.40. The van der Waals surface area contributed by atoms with Gasteiger partial charge in [0.1, 0.15) is 6.04 Å². The molecule has 2 amide bonds. The summed E-state index contributed by atoms with van der Waals surface area (Å²) in [6.07, 6.45) is 0.872. The number of nitrogens with zero attached hydrogens (tertiary/aromatic N) is 2. The number of carboxylic acid groups (broad SMARTS) is 1. The molecule has 25 heavy (non-hydrogen) atoms. The van der Waals surface area contributed by atoms with Gasteiger partial charge >= 0.3 is 12.0 Å². The van der Waals surface area contributed by atoms with Crippen LogP contribution >= 0.6 is 0 Å². The highest BCUT2D eigenvalue weighted by Crippen LogP contribution is 2.10. The second-order valence-electron chi connectivity index (χ2n) is 5.84. The Balaban J connectivity index is 1.94. The van der Waals surface area contributed by atoms with Gasteiger partial charge in [-0.25, -0.2) is 4.79 Å². The Morgan fingerprint density at radius 2 is 1.96 bits per heavy atom. The molecule has 0 bridgehead atoms. The highest BCUT2D eigenvalue weighted by Gasteiger charge is 2.19. The first-order valence-electron chi connectivity index (χ1n) is 8.07. The molecule has 0 aliphatic heterocycles. The average molecular weight is 346 g/mol. The van der Waals surface area contributed by atoms with E-state index in [1.807, 2.05) is 30.3 Å². The number of aryl methyl sites for hydroxylation is 1. The number of carboxylic acids is 1. The van der Waals surface area contributed by atoms with Crippen molar-refractivity contribution in [3.8, 4) is 0 Å². The molecule has 0 saturated carbocycles. The van der Waals surface area contributed by atoms with Crippen LogP contribution in [0.2, 0.25) is 0 Å². The molecule has 2 rings (SSSR count). The fourth-order valence-electron chi connectivity index (χ4n) is 2.40. The van der Waals surface area contributed by atoms with Gasteiger partial charge in [-0.15, -0.1) is 0 Å². The van der Waals surface area contributed by atoms with Crippen LogP contribution < -0.4 is 10.6 Å². The fraction of sp³-hybridized carbons (Fsp3) is 0.412. The Bertz CT molecular complexity index is 702. The van der Waals surface area contributed by atoms with Crippen LogP contribution in [0.4, 0.5) is 4.79 Å². The number of benzene rings is 1. The maximum atomic E-state index is 12.2. The molecule has 0 radical (unpaired) electrons. The third-order valence-electron chi connectivity index (χ3n) is 3.63. The van der Waals surface area contributed by atoms with Crippen LogP contribution in [0.25, 0.3) is 0 Å². The Kier molecular flexibility index (Phi) is 6.50. The van der Waals surface area contributed by atoms with E-state index in [0.717, 1.165) is 5.56 Å². The van der Waals surface area contributed by atoms with E-state index in [1.54, 1.807) is 13.8 Å². The van der Waals surface area contributed by atoms with Gasteiger partial charge in [0, 0.05) is 12.5 Å². The molecule has 0 spiro atoms. The number of aromatic nitrogens is 2. The quantitative estimate of drug-likeness (QED) is 0.674. The minimum absolute atomic E-state index is 0.0177. The lowest BCUT2D eigenvalue weighted by Gasteiger charge is -2.20. The van der Waals surface area contributed by atoms with Crippen LogP contribution in [0, 0.1) is 6.92 Å². The molecule has 1 aromatic carbocycles. The molecule has 0 saturated heterocycles. The monoisotopic (exact) mass is 346 g/mol. The van der Waals surface area contributed by atoms with Crippen molar-refractivity contribution in [3.05, 3.63) is 47.6 Å². The van der Waals surface area contributed by atoms with Crippen molar-refractivity contribution in [1.82, 2.24) is 20.8 Å². The van der Waals surface area contributed by atoms with Gasteiger partial charge in [-0.1, -0.05) is 35.5 Å². The molecule has 2 atom stereocenters. The van der Waals surface area contributed by atoms with E-state index in [0.29, 0.717) is 24.6 Å². The summed E-state index contributed by atoms with van der Waals surface area (Å²) in [6.45, 7) is 3.43. The lowest BCUT2D eigenvalue weighted by atomic mass is 10.0. The second kappa shape index (κ2) is 8.81. The zero-order valence-electron chi connectivity index (χ0n) is 14.2. The summed E-state index contributed by atoms with van der Waals surface area (Å²) >= 11 is 0. The first-order chi connectivity index (χ1) is 11.9. The topological polar surface area (TPSA) is 117 Å². The Morgan fingerprint density at radius 3 is 2.56 bits per heavy atom. The molecule has 8 heteroatoms. The third kappa shape index (κ3) is 6.25. The van der Waals surface area contributed by atoms with Crippen LogP contribution in [-0.4, -0.2) is 33.3 Å². The van der Waals surface area contributed by atoms with Gasteiger partial charge in [0.15, 0.2) is 5.82 Å². The summed E-state index contributed by atoms with van der Waals surface area (Å²) in [5.74, 6) is -0.0831. The number of carbonyl (C=O) groups excluding carboxylic acids is 1. The molecule has 1 heterocycles. The van der Waals surface area contributed by atoms with E-state index in [9.17, 15) is 9.59 Å². The largest absolute Gasteiger partial charge is 0.481 e. The average Bonchev–Trinajstić information content (AvgIpc) is 3.00. The van der Waals surface area contributed by atoms with E-state index in [1.165, 1.54) is 0 Å². The van der Waals surface area contributed by atoms with Crippen LogP contribution in [0.1, 0.15) is 43.1 Å². The van der Waals surface area contributed by atoms with Crippen molar-refractivity contribution in [1.29, 1.82) is 0 Å². The number of urea groups is 1. The van der Waals surface area contributed by atoms with E-state index >= 15 is 0 Å². The standard InChI is InChI=1S/C17H22N4O4/c1-11(16-19-12(2)21-25-16)18-17(24)20-14(8-9-15(22)23)10-13-6-4-3-5-7-13/h3-7,11,14H,8-10H2,1-2H3,(H,22,23)(H2,18,20,24). The summed E-state index contributed by atoms with van der Waals surface area (Å²) in [4.78, 5) is 27.1. The smallest absolute Gasteiger partial charge is 0.315 e. The normalized spacial score (nSPS) is 13.0. The van der Waals surface area contributed by atoms with Crippen LogP contribution in [-0.2, 0) is 11.2 Å². The molecular weight excluding hydrogens is 324 g/mol. The minimum atomic E-state index is -0.894. The van der Waals surface area contributed by atoms with Gasteiger partial charge in [0.05, 0.1) is 0 Å². The third-order valence-corrected chi connectivity index (χ3v) is 3.63. The van der Waals surface area contributed by atoms with E-state index < -0.39 is 18.0 Å². The predicted molar refractivity (Wildman–Crippen MR) is 89.9 cm³/mol. The maximum Gasteiger partial charge on any atom is 0.315 e. The number of rotatable bonds is 8. The SMILES string of the molecule is Cc1noc(C(C)NC(=O)NC(CCC(=O)O)Cc2ccccc2)n1. The summed E-state index contributed by atoms with van der Waals surface area (Å²) < 4.78 is 5.03. The molecular formula is C17H22N4O4. The maximum absolute atomic E-state index is 12.2. The van der Waals surface area contributed by atoms with Gasteiger partial charge in [-0.3, -0.25) is 4.79 Å². The number of hydrogen-bond acceptors (Lipinski definition) is 5. The van der Waals surface area contributed by atoms with Gasteiger partial charge in [-0.05, 0) is 32.3 Å². The summed E-state index contributed by atoms with van der Waals surface area (Å²) in [5, 5.41) is 18.1. The minimum Gasteiger partial charge on any atom is -0.481 e. The molecule has 2 unspecified atom stereocenters. The van der Waals surface area contributed by atoms with Gasteiger partial charge in [-0.2, -0.15) is 4.98 Å². The number of aliphatic carboxylic acids is 1. The Morgan fingerprint density at radius 1 is 1.24 bits per heavy atom. The molecule has 0 aliphatic rings. The first-order valence-corrected chi connectivity index (χ1v) is 8.07. The summed E-state index contributed by atoms with van der Waals surface area (Å²) in [6, 6.07) is 8.45. The van der Waals surface area contributed by atoms with Crippen LogP contribution in [0.5, 0.6) is 0 Å². The highest BCUT2D eigenvalue weighted by molar-refractivity contribution is 5.74. The predicted octanol–water partition coefficient (Wildman–Crippen LogP) is 2.21. The number of amides is 2. The number of hydrogen-bond donors (Lipinski definition) is 3. The number of carbonyl (C=O) groups is 2. The van der Waals surface area contributed by atoms with Gasteiger partial charge in [0.2, 0.25) is 5.89 Å². The van der Waals surface area contributed by atoms with Crippen LogP contribution in [0.15, 0.2) is 34.9 Å². The molecule has 1 aromatic heterocycles. The summed E-state index contributed by atoms with van der Waals surface area (Å²) in [5.41, 5.74) is 1.03. The Hall–Kier alpha value is -2.90. The van der Waals surface area contributed by atoms with E-state index in [-0.39, 0.29) is 12.5 Å². The molecule has 0 fully saturated rings. The zero-order valence-corrected chi connectivity index (χ0v) is 14.2. The second-order valence-corrected chi connectivity index (χ2v) is 5.84. The lowest BCUT2D eigenvalue weighted by molar-refractivity contribution is -0.137. The van der Waals surface area contributed by atoms with Crippen molar-refractivity contribution >= 4 is 12.0 Å².